The molecule has 3 heterocycles. The van der Waals surface area contributed by atoms with Gasteiger partial charge in [-0.15, -0.1) is 0 Å². The third kappa shape index (κ3) is 12.7. The van der Waals surface area contributed by atoms with Gasteiger partial charge in [-0.2, -0.15) is 0 Å². The molecule has 0 amide bonds. The Labute approximate surface area is 325 Å². The summed E-state index contributed by atoms with van der Waals surface area (Å²) in [5.41, 5.74) is 3.69. The molecule has 14 heteroatoms. The van der Waals surface area contributed by atoms with Crippen molar-refractivity contribution in [2.45, 2.75) is 118 Å². The molecule has 55 heavy (non-hydrogen) atoms. The summed E-state index contributed by atoms with van der Waals surface area (Å²) < 4.78 is 33.8. The van der Waals surface area contributed by atoms with Crippen LogP contribution in [-0.4, -0.2) is 110 Å². The molecule has 3 fully saturated rings. The monoisotopic (exact) mass is 768 g/mol. The standard InChI is InChI=1S/C41H60N4O10/c1-25(2)35(42)33(22-32-13-12-31(21-26(32)3)11-8-9-19-45-20-10-14-41(24-45)15-17-44-18-16-41)39(43)55-40-38(53-30(7)49)37(52-29(6)48)36(51-28(5)47)34(54-40)23-50-27(4)46/h8,11-13,21,25,33-34,36-38,40,42-44H,9-10,14-20,22-24H2,1-7H3/t33?,34-,36-,37+,38-,40+/m1/s1. The number of carbonyl (C=O) groups is 4. The molecule has 0 aliphatic carbocycles. The SMILES string of the molecule is CC(=O)OC[C@H]1O[C@@H](OC(=N)C(Cc2ccc(C=CCCN3CCCC4(CCNCC4)C3)cc2C)C(=N)C(C)C)[C@H](OC(C)=O)[C@@H](OC(C)=O)[C@@H]1OC(C)=O. The molecule has 304 valence electrons. The van der Waals surface area contributed by atoms with Gasteiger partial charge in [0.2, 0.25) is 12.4 Å². The molecule has 6 atom stereocenters. The zero-order valence-electron chi connectivity index (χ0n) is 33.4. The van der Waals surface area contributed by atoms with Gasteiger partial charge in [0.1, 0.15) is 12.7 Å². The molecule has 0 aromatic heterocycles. The van der Waals surface area contributed by atoms with E-state index in [-0.39, 0.29) is 23.9 Å². The number of rotatable bonds is 15. The van der Waals surface area contributed by atoms with Crippen LogP contribution in [0.4, 0.5) is 0 Å². The molecular weight excluding hydrogens is 708 g/mol. The lowest BCUT2D eigenvalue weighted by atomic mass is 9.73. The van der Waals surface area contributed by atoms with Crippen molar-refractivity contribution in [3.63, 3.8) is 0 Å². The van der Waals surface area contributed by atoms with Crippen molar-refractivity contribution < 1.29 is 47.6 Å². The Morgan fingerprint density at radius 3 is 2.20 bits per heavy atom. The second-order valence-corrected chi connectivity index (χ2v) is 15.4. The van der Waals surface area contributed by atoms with E-state index in [9.17, 15) is 19.2 Å². The van der Waals surface area contributed by atoms with Crippen LogP contribution in [0.1, 0.15) is 90.3 Å². The topological polar surface area (TPSA) is 187 Å². The Morgan fingerprint density at radius 1 is 0.927 bits per heavy atom. The fourth-order valence-electron chi connectivity index (χ4n) is 7.85. The van der Waals surface area contributed by atoms with Crippen molar-refractivity contribution in [1.82, 2.24) is 10.2 Å². The normalized spacial score (nSPS) is 24.5. The van der Waals surface area contributed by atoms with E-state index in [0.717, 1.165) is 70.1 Å². The summed E-state index contributed by atoms with van der Waals surface area (Å²) in [5, 5.41) is 21.6. The van der Waals surface area contributed by atoms with E-state index >= 15 is 0 Å². The van der Waals surface area contributed by atoms with Crippen molar-refractivity contribution >= 4 is 41.6 Å². The molecule has 0 bridgehead atoms. The fraction of sp³-hybridized carbons (Fsp3) is 0.659. The average molecular weight is 769 g/mol. The largest absolute Gasteiger partial charge is 0.463 e. The predicted octanol–water partition coefficient (Wildman–Crippen LogP) is 4.78. The Bertz CT molecular complexity index is 1570. The first kappa shape index (κ1) is 43.6. The highest BCUT2D eigenvalue weighted by Gasteiger charge is 2.54. The van der Waals surface area contributed by atoms with Gasteiger partial charge < -0.3 is 44.0 Å². The zero-order valence-corrected chi connectivity index (χ0v) is 33.4. The van der Waals surface area contributed by atoms with Crippen molar-refractivity contribution in [3.05, 3.63) is 41.0 Å². The smallest absolute Gasteiger partial charge is 0.303 e. The molecule has 0 radical (unpaired) electrons. The van der Waals surface area contributed by atoms with E-state index in [1.165, 1.54) is 39.2 Å². The first-order chi connectivity index (χ1) is 26.1. The quantitative estimate of drug-likeness (QED) is 0.0962. The maximum atomic E-state index is 12.3. The number of nitrogens with zero attached hydrogens (tertiary/aromatic N) is 1. The lowest BCUT2D eigenvalue weighted by Gasteiger charge is -2.45. The molecule has 1 spiro atoms. The van der Waals surface area contributed by atoms with Gasteiger partial charge in [0, 0.05) is 46.5 Å². The maximum Gasteiger partial charge on any atom is 0.303 e. The van der Waals surface area contributed by atoms with Gasteiger partial charge in [0.15, 0.2) is 18.1 Å². The van der Waals surface area contributed by atoms with Crippen LogP contribution in [0.2, 0.25) is 0 Å². The third-order valence-corrected chi connectivity index (χ3v) is 10.6. The molecule has 1 aromatic rings. The van der Waals surface area contributed by atoms with E-state index in [0.29, 0.717) is 5.41 Å². The van der Waals surface area contributed by atoms with E-state index in [4.69, 9.17) is 39.2 Å². The highest BCUT2D eigenvalue weighted by atomic mass is 16.7. The van der Waals surface area contributed by atoms with Gasteiger partial charge >= 0.3 is 23.9 Å². The second kappa shape index (κ2) is 20.1. The minimum atomic E-state index is -1.56. The van der Waals surface area contributed by atoms with Gasteiger partial charge in [-0.25, -0.2) is 0 Å². The number of ether oxygens (including phenoxy) is 6. The van der Waals surface area contributed by atoms with Crippen LogP contribution in [0.5, 0.6) is 0 Å². The highest BCUT2D eigenvalue weighted by Crippen LogP contribution is 2.38. The van der Waals surface area contributed by atoms with Crippen molar-refractivity contribution in [3.8, 4) is 0 Å². The highest BCUT2D eigenvalue weighted by molar-refractivity contribution is 6.02. The van der Waals surface area contributed by atoms with Crippen LogP contribution >= 0.6 is 0 Å². The number of aryl methyl sites for hydroxylation is 1. The number of likely N-dealkylation sites (tertiary alicyclic amines) is 1. The minimum absolute atomic E-state index is 0.239. The Balaban J connectivity index is 1.49. The number of carbonyl (C=O) groups excluding carboxylic acids is 4. The molecule has 1 aromatic carbocycles. The number of esters is 4. The summed E-state index contributed by atoms with van der Waals surface area (Å²) in [6.45, 7) is 15.5. The minimum Gasteiger partial charge on any atom is -0.463 e. The Hall–Kier alpha value is -4.14. The first-order valence-electron chi connectivity index (χ1n) is 19.4. The summed E-state index contributed by atoms with van der Waals surface area (Å²) in [6.07, 6.45) is 3.70. The number of benzene rings is 1. The van der Waals surface area contributed by atoms with E-state index in [1.54, 1.807) is 0 Å². The van der Waals surface area contributed by atoms with E-state index in [1.807, 2.05) is 32.9 Å². The van der Waals surface area contributed by atoms with Gasteiger partial charge in [0.05, 0.1) is 5.92 Å². The summed E-state index contributed by atoms with van der Waals surface area (Å²) in [6, 6.07) is 6.13. The van der Waals surface area contributed by atoms with Crippen LogP contribution in [0.15, 0.2) is 24.3 Å². The van der Waals surface area contributed by atoms with E-state index in [2.05, 4.69) is 28.4 Å². The Morgan fingerprint density at radius 2 is 1.58 bits per heavy atom. The van der Waals surface area contributed by atoms with E-state index < -0.39 is 67.1 Å². The molecular formula is C41H60N4O10. The van der Waals surface area contributed by atoms with Crippen LogP contribution < -0.4 is 5.32 Å². The fourth-order valence-corrected chi connectivity index (χ4v) is 7.85. The van der Waals surface area contributed by atoms with Crippen molar-refractivity contribution in [2.75, 3.05) is 39.3 Å². The van der Waals surface area contributed by atoms with Gasteiger partial charge in [0.25, 0.3) is 0 Å². The molecule has 4 rings (SSSR count). The summed E-state index contributed by atoms with van der Waals surface area (Å²) in [5.74, 6) is -4.37. The zero-order chi connectivity index (χ0) is 40.3. The number of hydrogen-bond donors (Lipinski definition) is 3. The number of nitrogens with one attached hydrogen (secondary N) is 3. The first-order valence-corrected chi connectivity index (χ1v) is 19.4. The summed E-state index contributed by atoms with van der Waals surface area (Å²) >= 11 is 0. The molecule has 0 saturated carbocycles. The maximum absolute atomic E-state index is 12.3. The molecule has 3 saturated heterocycles. The molecule has 14 nitrogen and oxygen atoms in total. The van der Waals surface area contributed by atoms with Gasteiger partial charge in [-0.3, -0.25) is 24.6 Å². The average Bonchev–Trinajstić information content (AvgIpc) is 3.11. The summed E-state index contributed by atoms with van der Waals surface area (Å²) in [4.78, 5) is 51.0. The molecule has 3 N–H and O–H groups in total. The van der Waals surface area contributed by atoms with Gasteiger partial charge in [-0.05, 0) is 93.1 Å². The van der Waals surface area contributed by atoms with Crippen LogP contribution in [0, 0.1) is 35.0 Å². The predicted molar refractivity (Wildman–Crippen MR) is 206 cm³/mol. The van der Waals surface area contributed by atoms with Crippen molar-refractivity contribution in [1.29, 1.82) is 10.8 Å². The van der Waals surface area contributed by atoms with Crippen LogP contribution in [0.25, 0.3) is 6.08 Å². The molecule has 3 aliphatic heterocycles. The summed E-state index contributed by atoms with van der Waals surface area (Å²) in [7, 11) is 0. The number of hydrogen-bond acceptors (Lipinski definition) is 14. The van der Waals surface area contributed by atoms with Crippen LogP contribution in [0.3, 0.4) is 0 Å². The Kier molecular flexibility index (Phi) is 16.0. The molecule has 1 unspecified atom stereocenters. The van der Waals surface area contributed by atoms with Crippen LogP contribution in [-0.2, 0) is 54.0 Å². The van der Waals surface area contributed by atoms with Crippen molar-refractivity contribution in [2.24, 2.45) is 17.3 Å². The third-order valence-electron chi connectivity index (χ3n) is 10.6. The second-order valence-electron chi connectivity index (χ2n) is 15.4. The van der Waals surface area contributed by atoms with Gasteiger partial charge in [-0.1, -0.05) is 44.2 Å². The molecule has 3 aliphatic rings. The lowest BCUT2D eigenvalue weighted by Crippen LogP contribution is -2.63. The number of piperidine rings is 2. The lowest BCUT2D eigenvalue weighted by molar-refractivity contribution is -0.292.